The van der Waals surface area contributed by atoms with Gasteiger partial charge in [0.25, 0.3) is 5.91 Å². The Bertz CT molecular complexity index is 687. The van der Waals surface area contributed by atoms with E-state index in [0.29, 0.717) is 18.8 Å². The predicted octanol–water partition coefficient (Wildman–Crippen LogP) is 1.25. The fourth-order valence-electron chi connectivity index (χ4n) is 2.67. The van der Waals surface area contributed by atoms with Gasteiger partial charge in [-0.15, -0.1) is 0 Å². The minimum atomic E-state index is -0.880. The van der Waals surface area contributed by atoms with Crippen molar-refractivity contribution < 1.29 is 9.00 Å². The SMILES string of the molecule is CC1CN(C(=O)c2cc(-n3cccn3)ccn2)CC(C)S1=O. The largest absolute Gasteiger partial charge is 0.335 e. The highest BCUT2D eigenvalue weighted by molar-refractivity contribution is 7.86. The quantitative estimate of drug-likeness (QED) is 0.836. The number of hydrogen-bond acceptors (Lipinski definition) is 4. The van der Waals surface area contributed by atoms with E-state index in [1.807, 2.05) is 26.1 Å². The van der Waals surface area contributed by atoms with Crippen molar-refractivity contribution in [3.63, 3.8) is 0 Å². The molecular formula is C15H18N4O2S. The molecule has 2 atom stereocenters. The van der Waals surface area contributed by atoms with Gasteiger partial charge in [-0.1, -0.05) is 0 Å². The lowest BCUT2D eigenvalue weighted by Crippen LogP contribution is -2.49. The number of aromatic nitrogens is 3. The van der Waals surface area contributed by atoms with Gasteiger partial charge < -0.3 is 4.90 Å². The van der Waals surface area contributed by atoms with Crippen LogP contribution in [0.15, 0.2) is 36.8 Å². The van der Waals surface area contributed by atoms with Crippen LogP contribution in [0.2, 0.25) is 0 Å². The summed E-state index contributed by atoms with van der Waals surface area (Å²) >= 11 is 0. The first-order valence-corrected chi connectivity index (χ1v) is 8.48. The normalized spacial score (nSPS) is 25.2. The maximum Gasteiger partial charge on any atom is 0.272 e. The zero-order chi connectivity index (χ0) is 15.7. The molecule has 116 valence electrons. The topological polar surface area (TPSA) is 68.1 Å². The molecular weight excluding hydrogens is 300 g/mol. The molecule has 6 nitrogen and oxygen atoms in total. The second-order valence-corrected chi connectivity index (χ2v) is 7.78. The van der Waals surface area contributed by atoms with Crippen LogP contribution in [-0.2, 0) is 10.8 Å². The van der Waals surface area contributed by atoms with Crippen LogP contribution in [-0.4, -0.2) is 53.4 Å². The Morgan fingerprint density at radius 1 is 1.27 bits per heavy atom. The number of hydrogen-bond donors (Lipinski definition) is 0. The molecule has 1 fully saturated rings. The molecule has 2 unspecified atom stereocenters. The van der Waals surface area contributed by atoms with E-state index in [2.05, 4.69) is 10.1 Å². The highest BCUT2D eigenvalue weighted by Gasteiger charge is 2.32. The molecule has 3 heterocycles. The van der Waals surface area contributed by atoms with Gasteiger partial charge >= 0.3 is 0 Å². The minimum absolute atomic E-state index is 0.0120. The van der Waals surface area contributed by atoms with Crippen LogP contribution in [0.25, 0.3) is 5.69 Å². The van der Waals surface area contributed by atoms with Crippen LogP contribution in [0.3, 0.4) is 0 Å². The highest BCUT2D eigenvalue weighted by Crippen LogP contribution is 2.17. The van der Waals surface area contributed by atoms with E-state index >= 15 is 0 Å². The number of pyridine rings is 1. The lowest BCUT2D eigenvalue weighted by molar-refractivity contribution is 0.0745. The molecule has 22 heavy (non-hydrogen) atoms. The third kappa shape index (κ3) is 2.81. The maximum absolute atomic E-state index is 12.7. The highest BCUT2D eigenvalue weighted by atomic mass is 32.2. The number of amides is 1. The summed E-state index contributed by atoms with van der Waals surface area (Å²) in [5, 5.41) is 4.13. The molecule has 7 heteroatoms. The van der Waals surface area contributed by atoms with E-state index in [1.165, 1.54) is 0 Å². The molecule has 2 aromatic rings. The molecule has 0 aliphatic carbocycles. The summed E-state index contributed by atoms with van der Waals surface area (Å²) in [6.45, 7) is 4.84. The van der Waals surface area contributed by atoms with E-state index in [-0.39, 0.29) is 16.4 Å². The summed E-state index contributed by atoms with van der Waals surface area (Å²) in [7, 11) is -0.880. The van der Waals surface area contributed by atoms with Gasteiger partial charge in [-0.05, 0) is 32.0 Å². The van der Waals surface area contributed by atoms with Crippen LogP contribution in [0.1, 0.15) is 24.3 Å². The van der Waals surface area contributed by atoms with Gasteiger partial charge in [-0.3, -0.25) is 14.0 Å². The zero-order valence-electron chi connectivity index (χ0n) is 12.5. The third-order valence-corrected chi connectivity index (χ3v) is 5.65. The summed E-state index contributed by atoms with van der Waals surface area (Å²) in [5.41, 5.74) is 1.19. The molecule has 0 radical (unpaired) electrons. The molecule has 2 aromatic heterocycles. The summed E-state index contributed by atoms with van der Waals surface area (Å²) in [4.78, 5) is 18.6. The monoisotopic (exact) mass is 318 g/mol. The Hall–Kier alpha value is -2.02. The second kappa shape index (κ2) is 6.00. The summed E-state index contributed by atoms with van der Waals surface area (Å²) in [5.74, 6) is -0.121. The van der Waals surface area contributed by atoms with E-state index in [4.69, 9.17) is 0 Å². The standard InChI is InChI=1S/C15H18N4O2S/c1-11-9-18(10-12(2)22(11)21)15(20)14-8-13(4-6-16-14)19-7-3-5-17-19/h3-8,11-12H,9-10H2,1-2H3. The van der Waals surface area contributed by atoms with Gasteiger partial charge in [0.15, 0.2) is 0 Å². The van der Waals surface area contributed by atoms with Crippen molar-refractivity contribution in [2.24, 2.45) is 0 Å². The van der Waals surface area contributed by atoms with Crippen molar-refractivity contribution in [3.05, 3.63) is 42.5 Å². The third-order valence-electron chi connectivity index (χ3n) is 3.77. The summed E-state index contributed by atoms with van der Waals surface area (Å²) < 4.78 is 13.7. The first kappa shape index (κ1) is 14.9. The molecule has 1 amide bonds. The minimum Gasteiger partial charge on any atom is -0.335 e. The van der Waals surface area contributed by atoms with Crippen LogP contribution >= 0.6 is 0 Å². The fraction of sp³-hybridized carbons (Fsp3) is 0.400. The first-order chi connectivity index (χ1) is 10.6. The molecule has 3 rings (SSSR count). The fourth-order valence-corrected chi connectivity index (χ4v) is 4.11. The van der Waals surface area contributed by atoms with Crippen LogP contribution in [0.5, 0.6) is 0 Å². The molecule has 1 aliphatic rings. The van der Waals surface area contributed by atoms with E-state index in [9.17, 15) is 9.00 Å². The summed E-state index contributed by atoms with van der Waals surface area (Å²) in [6.07, 6.45) is 5.11. The van der Waals surface area contributed by atoms with Crippen LogP contribution < -0.4 is 0 Å². The first-order valence-electron chi connectivity index (χ1n) is 7.21. The predicted molar refractivity (Wildman–Crippen MR) is 84.3 cm³/mol. The average Bonchev–Trinajstić information content (AvgIpc) is 3.06. The smallest absolute Gasteiger partial charge is 0.272 e. The Morgan fingerprint density at radius 2 is 2.00 bits per heavy atom. The van der Waals surface area contributed by atoms with E-state index in [1.54, 1.807) is 34.1 Å². The Labute approximate surface area is 131 Å². The Morgan fingerprint density at radius 3 is 2.64 bits per heavy atom. The van der Waals surface area contributed by atoms with Gasteiger partial charge in [0, 0.05) is 53.0 Å². The zero-order valence-corrected chi connectivity index (χ0v) is 13.4. The second-order valence-electron chi connectivity index (χ2n) is 5.51. The Kier molecular flexibility index (Phi) is 4.06. The number of rotatable bonds is 2. The van der Waals surface area contributed by atoms with Crippen molar-refractivity contribution in [1.29, 1.82) is 0 Å². The Balaban J connectivity index is 1.84. The molecule has 1 saturated heterocycles. The average molecular weight is 318 g/mol. The molecule has 0 saturated carbocycles. The van der Waals surface area contributed by atoms with E-state index in [0.717, 1.165) is 5.69 Å². The molecule has 0 bridgehead atoms. The number of carbonyl (C=O) groups excluding carboxylic acids is 1. The maximum atomic E-state index is 12.7. The molecule has 0 N–H and O–H groups in total. The summed E-state index contributed by atoms with van der Waals surface area (Å²) in [6, 6.07) is 5.36. The number of nitrogens with zero attached hydrogens (tertiary/aromatic N) is 4. The van der Waals surface area contributed by atoms with E-state index < -0.39 is 10.8 Å². The van der Waals surface area contributed by atoms with Crippen molar-refractivity contribution in [2.45, 2.75) is 24.3 Å². The van der Waals surface area contributed by atoms with Gasteiger partial charge in [-0.2, -0.15) is 5.10 Å². The lowest BCUT2D eigenvalue weighted by atomic mass is 10.2. The van der Waals surface area contributed by atoms with Gasteiger partial charge in [0.2, 0.25) is 0 Å². The lowest BCUT2D eigenvalue weighted by Gasteiger charge is -2.34. The molecule has 1 aliphatic heterocycles. The molecule has 0 aromatic carbocycles. The van der Waals surface area contributed by atoms with Crippen molar-refractivity contribution in [1.82, 2.24) is 19.7 Å². The van der Waals surface area contributed by atoms with Gasteiger partial charge in [-0.25, -0.2) is 4.68 Å². The van der Waals surface area contributed by atoms with Crippen LogP contribution in [0.4, 0.5) is 0 Å². The molecule has 0 spiro atoms. The van der Waals surface area contributed by atoms with Crippen molar-refractivity contribution in [3.8, 4) is 5.69 Å². The van der Waals surface area contributed by atoms with Crippen molar-refractivity contribution in [2.75, 3.05) is 13.1 Å². The number of carbonyl (C=O) groups is 1. The van der Waals surface area contributed by atoms with Gasteiger partial charge in [0.05, 0.1) is 5.69 Å². The van der Waals surface area contributed by atoms with Gasteiger partial charge in [0.1, 0.15) is 5.69 Å². The van der Waals surface area contributed by atoms with Crippen molar-refractivity contribution >= 4 is 16.7 Å². The van der Waals surface area contributed by atoms with Crippen LogP contribution in [0, 0.1) is 0 Å².